The Hall–Kier alpha value is -1.75. The van der Waals surface area contributed by atoms with Crippen molar-refractivity contribution < 1.29 is 14.2 Å². The van der Waals surface area contributed by atoms with Gasteiger partial charge in [-0.25, -0.2) is 0 Å². The van der Waals surface area contributed by atoms with E-state index in [1.54, 1.807) is 14.2 Å². The van der Waals surface area contributed by atoms with E-state index in [1.807, 2.05) is 29.4 Å². The number of benzene rings is 1. The minimum Gasteiger partial charge on any atom is -0.497 e. The van der Waals surface area contributed by atoms with Gasteiger partial charge in [-0.3, -0.25) is 5.01 Å². The molecule has 0 saturated carbocycles. The molecular formula is C13H18N2O3. The van der Waals surface area contributed by atoms with Gasteiger partial charge in [0.15, 0.2) is 0 Å². The van der Waals surface area contributed by atoms with Gasteiger partial charge in [-0.1, -0.05) is 0 Å². The molecule has 0 N–H and O–H groups in total. The van der Waals surface area contributed by atoms with Gasteiger partial charge in [0.2, 0.25) is 0 Å². The largest absolute Gasteiger partial charge is 0.497 e. The maximum atomic E-state index is 5.31. The van der Waals surface area contributed by atoms with Gasteiger partial charge in [-0.2, -0.15) is 5.10 Å². The van der Waals surface area contributed by atoms with E-state index in [2.05, 4.69) is 5.10 Å². The van der Waals surface area contributed by atoms with Gasteiger partial charge < -0.3 is 14.2 Å². The highest BCUT2D eigenvalue weighted by Crippen LogP contribution is 2.23. The van der Waals surface area contributed by atoms with Gasteiger partial charge in [0, 0.05) is 11.6 Å². The second-order valence-corrected chi connectivity index (χ2v) is 3.92. The fraction of sp³-hybridized carbons (Fsp3) is 0.462. The van der Waals surface area contributed by atoms with Crippen molar-refractivity contribution in [3.8, 4) is 11.5 Å². The second kappa shape index (κ2) is 6.26. The molecule has 98 valence electrons. The highest BCUT2D eigenvalue weighted by atomic mass is 16.5. The first-order valence-corrected chi connectivity index (χ1v) is 5.92. The van der Waals surface area contributed by atoms with E-state index in [1.165, 1.54) is 0 Å². The number of morpholine rings is 1. The lowest BCUT2D eigenvalue weighted by atomic mass is 10.2. The molecule has 1 aromatic rings. The molecule has 0 atom stereocenters. The van der Waals surface area contributed by atoms with E-state index >= 15 is 0 Å². The van der Waals surface area contributed by atoms with Crippen LogP contribution < -0.4 is 9.47 Å². The zero-order valence-electron chi connectivity index (χ0n) is 10.8. The van der Waals surface area contributed by atoms with Gasteiger partial charge in [0.1, 0.15) is 11.5 Å². The Labute approximate surface area is 107 Å². The molecule has 1 aromatic carbocycles. The summed E-state index contributed by atoms with van der Waals surface area (Å²) in [6.07, 6.45) is 1.81. The summed E-state index contributed by atoms with van der Waals surface area (Å²) in [4.78, 5) is 0. The third-order valence-electron chi connectivity index (χ3n) is 2.79. The molecule has 5 heteroatoms. The quantitative estimate of drug-likeness (QED) is 0.757. The smallest absolute Gasteiger partial charge is 0.131 e. The minimum absolute atomic E-state index is 0.733. The second-order valence-electron chi connectivity index (χ2n) is 3.92. The summed E-state index contributed by atoms with van der Waals surface area (Å²) in [7, 11) is 3.27. The zero-order valence-corrected chi connectivity index (χ0v) is 10.8. The average molecular weight is 250 g/mol. The van der Waals surface area contributed by atoms with Gasteiger partial charge in [-0.15, -0.1) is 0 Å². The number of hydrogen-bond donors (Lipinski definition) is 0. The molecule has 0 amide bonds. The number of rotatable bonds is 4. The summed E-state index contributed by atoms with van der Waals surface area (Å²) in [5, 5.41) is 6.42. The van der Waals surface area contributed by atoms with Crippen LogP contribution in [0.15, 0.2) is 23.3 Å². The molecule has 1 heterocycles. The molecule has 1 fully saturated rings. The highest BCUT2D eigenvalue weighted by Gasteiger charge is 2.07. The molecule has 1 saturated heterocycles. The van der Waals surface area contributed by atoms with Crippen LogP contribution >= 0.6 is 0 Å². The first-order chi connectivity index (χ1) is 8.83. The van der Waals surface area contributed by atoms with Crippen LogP contribution in [0.25, 0.3) is 0 Å². The molecule has 0 unspecified atom stereocenters. The topological polar surface area (TPSA) is 43.3 Å². The Kier molecular flexibility index (Phi) is 4.41. The van der Waals surface area contributed by atoms with Crippen LogP contribution in [0.4, 0.5) is 0 Å². The maximum Gasteiger partial charge on any atom is 0.131 e. The first-order valence-electron chi connectivity index (χ1n) is 5.92. The standard InChI is InChI=1S/C13H18N2O3/c1-16-12-4-3-11(13(9-12)17-2)10-14-15-5-7-18-8-6-15/h3-4,9-10H,5-8H2,1-2H3. The molecule has 2 rings (SSSR count). The van der Waals surface area contributed by atoms with Crippen molar-refractivity contribution in [1.82, 2.24) is 5.01 Å². The number of nitrogens with zero attached hydrogens (tertiary/aromatic N) is 2. The predicted molar refractivity (Wildman–Crippen MR) is 69.5 cm³/mol. The Morgan fingerprint density at radius 3 is 2.67 bits per heavy atom. The number of ether oxygens (including phenoxy) is 3. The highest BCUT2D eigenvalue weighted by molar-refractivity contribution is 5.83. The Morgan fingerprint density at radius 2 is 2.00 bits per heavy atom. The van der Waals surface area contributed by atoms with Crippen LogP contribution in [0.5, 0.6) is 11.5 Å². The fourth-order valence-electron chi connectivity index (χ4n) is 1.74. The van der Waals surface area contributed by atoms with Crippen LogP contribution in [-0.4, -0.2) is 51.7 Å². The molecule has 1 aliphatic heterocycles. The lowest BCUT2D eigenvalue weighted by molar-refractivity contribution is 0.0397. The molecule has 0 radical (unpaired) electrons. The van der Waals surface area contributed by atoms with Crippen LogP contribution in [0.1, 0.15) is 5.56 Å². The summed E-state index contributed by atoms with van der Waals surface area (Å²) < 4.78 is 15.7. The van der Waals surface area contributed by atoms with E-state index in [0.717, 1.165) is 43.4 Å². The van der Waals surface area contributed by atoms with E-state index < -0.39 is 0 Å². The van der Waals surface area contributed by atoms with E-state index in [0.29, 0.717) is 0 Å². The average Bonchev–Trinajstić information content (AvgIpc) is 2.46. The SMILES string of the molecule is COc1ccc(C=NN2CCOCC2)c(OC)c1. The van der Waals surface area contributed by atoms with Crippen molar-refractivity contribution in [3.63, 3.8) is 0 Å². The molecule has 0 aromatic heterocycles. The van der Waals surface area contributed by atoms with Gasteiger partial charge in [0.25, 0.3) is 0 Å². The van der Waals surface area contributed by atoms with E-state index in [9.17, 15) is 0 Å². The van der Waals surface area contributed by atoms with Crippen molar-refractivity contribution in [2.45, 2.75) is 0 Å². The molecular weight excluding hydrogens is 232 g/mol. The normalized spacial score (nSPS) is 16.0. The molecule has 18 heavy (non-hydrogen) atoms. The Bertz CT molecular complexity index is 415. The van der Waals surface area contributed by atoms with Gasteiger partial charge >= 0.3 is 0 Å². The van der Waals surface area contributed by atoms with Crippen LogP contribution in [0.2, 0.25) is 0 Å². The summed E-state index contributed by atoms with van der Waals surface area (Å²) >= 11 is 0. The summed E-state index contributed by atoms with van der Waals surface area (Å²) in [5.41, 5.74) is 0.935. The summed E-state index contributed by atoms with van der Waals surface area (Å²) in [6, 6.07) is 5.67. The van der Waals surface area contributed by atoms with Gasteiger partial charge in [-0.05, 0) is 12.1 Å². The Balaban J connectivity index is 2.09. The molecule has 5 nitrogen and oxygen atoms in total. The van der Waals surface area contributed by atoms with E-state index in [4.69, 9.17) is 14.2 Å². The minimum atomic E-state index is 0.733. The molecule has 0 spiro atoms. The van der Waals surface area contributed by atoms with E-state index in [-0.39, 0.29) is 0 Å². The molecule has 0 bridgehead atoms. The van der Waals surface area contributed by atoms with Crippen LogP contribution in [0, 0.1) is 0 Å². The fourth-order valence-corrected chi connectivity index (χ4v) is 1.74. The van der Waals surface area contributed by atoms with Gasteiger partial charge in [0.05, 0.1) is 46.7 Å². The molecule has 1 aliphatic rings. The summed E-state index contributed by atoms with van der Waals surface area (Å²) in [5.74, 6) is 1.53. The third kappa shape index (κ3) is 3.13. The lowest BCUT2D eigenvalue weighted by Crippen LogP contribution is -2.32. The monoisotopic (exact) mass is 250 g/mol. The van der Waals surface area contributed by atoms with Crippen molar-refractivity contribution in [3.05, 3.63) is 23.8 Å². The zero-order chi connectivity index (χ0) is 12.8. The molecule has 0 aliphatic carbocycles. The maximum absolute atomic E-state index is 5.31. The van der Waals surface area contributed by atoms with Crippen LogP contribution in [0.3, 0.4) is 0 Å². The number of hydrogen-bond acceptors (Lipinski definition) is 5. The van der Waals surface area contributed by atoms with Crippen molar-refractivity contribution in [2.24, 2.45) is 5.10 Å². The van der Waals surface area contributed by atoms with Crippen molar-refractivity contribution in [2.75, 3.05) is 40.5 Å². The van der Waals surface area contributed by atoms with Crippen molar-refractivity contribution in [1.29, 1.82) is 0 Å². The lowest BCUT2D eigenvalue weighted by Gasteiger charge is -2.23. The predicted octanol–water partition coefficient (Wildman–Crippen LogP) is 1.37. The Morgan fingerprint density at radius 1 is 1.22 bits per heavy atom. The number of hydrazone groups is 1. The number of methoxy groups -OCH3 is 2. The van der Waals surface area contributed by atoms with Crippen LogP contribution in [-0.2, 0) is 4.74 Å². The third-order valence-corrected chi connectivity index (χ3v) is 2.79. The first kappa shape index (κ1) is 12.7. The summed E-state index contributed by atoms with van der Waals surface area (Å²) in [6.45, 7) is 3.12. The van der Waals surface area contributed by atoms with Crippen molar-refractivity contribution >= 4 is 6.21 Å².